The van der Waals surface area contributed by atoms with Crippen molar-refractivity contribution in [3.63, 3.8) is 0 Å². The number of aliphatic carboxylic acids is 1. The fourth-order valence-corrected chi connectivity index (χ4v) is 3.70. The summed E-state index contributed by atoms with van der Waals surface area (Å²) in [5, 5.41) is 21.8. The van der Waals surface area contributed by atoms with Gasteiger partial charge >= 0.3 is 5.97 Å². The van der Waals surface area contributed by atoms with Crippen molar-refractivity contribution < 1.29 is 19.8 Å². The van der Waals surface area contributed by atoms with Crippen LogP contribution in [-0.4, -0.2) is 34.2 Å². The first-order valence-corrected chi connectivity index (χ1v) is 8.79. The normalized spacial score (nSPS) is 14.7. The van der Waals surface area contributed by atoms with E-state index in [1.165, 1.54) is 0 Å². The van der Waals surface area contributed by atoms with Crippen molar-refractivity contribution in [3.8, 4) is 0 Å². The van der Waals surface area contributed by atoms with Crippen LogP contribution in [0.2, 0.25) is 0 Å². The first-order chi connectivity index (χ1) is 12.5. The highest BCUT2D eigenvalue weighted by atomic mass is 16.4. The smallest absolute Gasteiger partial charge is 0.330 e. The average Bonchev–Trinajstić information content (AvgIpc) is 3.00. The molecular weight excluding hydrogens is 330 g/mol. The van der Waals surface area contributed by atoms with Crippen LogP contribution in [0.4, 0.5) is 0 Å². The maximum Gasteiger partial charge on any atom is 0.330 e. The topological polar surface area (TPSA) is 86.6 Å². The van der Waals surface area contributed by atoms with Gasteiger partial charge in [0, 0.05) is 25.0 Å². The number of carbonyl (C=O) groups is 2. The third-order valence-corrected chi connectivity index (χ3v) is 5.10. The number of hydrogen-bond acceptors (Lipinski definition) is 3. The van der Waals surface area contributed by atoms with Gasteiger partial charge in [-0.2, -0.15) is 0 Å². The summed E-state index contributed by atoms with van der Waals surface area (Å²) < 4.78 is 0. The van der Waals surface area contributed by atoms with Gasteiger partial charge in [0.05, 0.1) is 0 Å². The van der Waals surface area contributed by atoms with Gasteiger partial charge < -0.3 is 15.5 Å². The fraction of sp³-hybridized carbons (Fsp3) is 0.333. The SMILES string of the molecule is Cc1cccc(C(=O)NC2(C(=O)O)Cc3ccccc3C2)c1CCCO. The van der Waals surface area contributed by atoms with Crippen molar-refractivity contribution in [2.24, 2.45) is 0 Å². The molecule has 0 saturated carbocycles. The molecule has 0 bridgehead atoms. The molecule has 1 amide bonds. The van der Waals surface area contributed by atoms with Crippen molar-refractivity contribution in [2.45, 2.75) is 38.1 Å². The van der Waals surface area contributed by atoms with E-state index in [0.29, 0.717) is 18.4 Å². The highest BCUT2D eigenvalue weighted by Gasteiger charge is 2.45. The number of nitrogens with one attached hydrogen (secondary N) is 1. The summed E-state index contributed by atoms with van der Waals surface area (Å²) in [7, 11) is 0. The Morgan fingerprint density at radius 3 is 2.31 bits per heavy atom. The zero-order valence-corrected chi connectivity index (χ0v) is 14.8. The van der Waals surface area contributed by atoms with E-state index in [9.17, 15) is 14.7 Å². The number of rotatable bonds is 6. The molecule has 0 fully saturated rings. The minimum atomic E-state index is -1.32. The first-order valence-electron chi connectivity index (χ1n) is 8.79. The number of carboxylic acid groups (broad SMARTS) is 1. The molecule has 0 radical (unpaired) electrons. The van der Waals surface area contributed by atoms with E-state index in [1.54, 1.807) is 12.1 Å². The van der Waals surface area contributed by atoms with E-state index in [-0.39, 0.29) is 25.4 Å². The van der Waals surface area contributed by atoms with E-state index >= 15 is 0 Å². The quantitative estimate of drug-likeness (QED) is 0.744. The van der Waals surface area contributed by atoms with Gasteiger partial charge in [0.25, 0.3) is 5.91 Å². The molecular formula is C21H23NO4. The molecule has 3 rings (SSSR count). The number of carbonyl (C=O) groups excluding carboxylic acids is 1. The van der Waals surface area contributed by atoms with Gasteiger partial charge in [0.15, 0.2) is 0 Å². The van der Waals surface area contributed by atoms with Crippen LogP contribution >= 0.6 is 0 Å². The zero-order valence-electron chi connectivity index (χ0n) is 14.8. The predicted molar refractivity (Wildman–Crippen MR) is 98.3 cm³/mol. The third kappa shape index (κ3) is 3.35. The van der Waals surface area contributed by atoms with Gasteiger partial charge in [-0.3, -0.25) is 4.79 Å². The maximum atomic E-state index is 13.0. The molecule has 3 N–H and O–H groups in total. The summed E-state index contributed by atoms with van der Waals surface area (Å²) >= 11 is 0. The number of aryl methyl sites for hydroxylation is 1. The van der Waals surface area contributed by atoms with Crippen LogP contribution in [0.25, 0.3) is 0 Å². The van der Waals surface area contributed by atoms with Crippen molar-refractivity contribution in [3.05, 3.63) is 70.3 Å². The molecule has 5 nitrogen and oxygen atoms in total. The number of fused-ring (bicyclic) bond motifs is 1. The van der Waals surface area contributed by atoms with Gasteiger partial charge in [-0.25, -0.2) is 4.79 Å². The second kappa shape index (κ2) is 7.30. The number of hydrogen-bond donors (Lipinski definition) is 3. The third-order valence-electron chi connectivity index (χ3n) is 5.10. The largest absolute Gasteiger partial charge is 0.479 e. The molecule has 0 atom stereocenters. The van der Waals surface area contributed by atoms with Crippen molar-refractivity contribution >= 4 is 11.9 Å². The van der Waals surface area contributed by atoms with Crippen LogP contribution in [0, 0.1) is 6.92 Å². The summed E-state index contributed by atoms with van der Waals surface area (Å²) in [5.41, 5.74) is 2.90. The van der Waals surface area contributed by atoms with Crippen LogP contribution in [-0.2, 0) is 24.1 Å². The molecule has 2 aromatic rings. The summed E-state index contributed by atoms with van der Waals surface area (Å²) in [6.45, 7) is 1.96. The molecule has 0 saturated heterocycles. The van der Waals surface area contributed by atoms with Crippen LogP contribution in [0.3, 0.4) is 0 Å². The molecule has 0 spiro atoms. The number of carboxylic acids is 1. The van der Waals surface area contributed by atoms with E-state index < -0.39 is 11.5 Å². The number of benzene rings is 2. The zero-order chi connectivity index (χ0) is 18.7. The Morgan fingerprint density at radius 2 is 1.73 bits per heavy atom. The fourth-order valence-electron chi connectivity index (χ4n) is 3.70. The average molecular weight is 353 g/mol. The lowest BCUT2D eigenvalue weighted by molar-refractivity contribution is -0.144. The van der Waals surface area contributed by atoms with E-state index in [4.69, 9.17) is 5.11 Å². The predicted octanol–water partition coefficient (Wildman–Crippen LogP) is 2.27. The summed E-state index contributed by atoms with van der Waals surface area (Å²) in [6, 6.07) is 13.0. The molecule has 0 heterocycles. The minimum Gasteiger partial charge on any atom is -0.479 e. The van der Waals surface area contributed by atoms with Crippen molar-refractivity contribution in [1.29, 1.82) is 0 Å². The Bertz CT molecular complexity index is 819. The van der Waals surface area contributed by atoms with Crippen LogP contribution in [0.15, 0.2) is 42.5 Å². The summed E-state index contributed by atoms with van der Waals surface area (Å²) in [5.74, 6) is -1.40. The number of amides is 1. The lowest BCUT2D eigenvalue weighted by Gasteiger charge is -2.26. The Hall–Kier alpha value is -2.66. The summed E-state index contributed by atoms with van der Waals surface area (Å²) in [6.07, 6.45) is 1.69. The highest BCUT2D eigenvalue weighted by molar-refractivity contribution is 5.99. The van der Waals surface area contributed by atoms with Gasteiger partial charge in [0.2, 0.25) is 0 Å². The van der Waals surface area contributed by atoms with E-state index in [0.717, 1.165) is 22.3 Å². The first kappa shape index (κ1) is 18.1. The Kier molecular flexibility index (Phi) is 5.09. The molecule has 136 valence electrons. The molecule has 0 aliphatic heterocycles. The Morgan fingerprint density at radius 1 is 1.08 bits per heavy atom. The van der Waals surface area contributed by atoms with E-state index in [2.05, 4.69) is 5.32 Å². The molecule has 0 unspecified atom stereocenters. The van der Waals surface area contributed by atoms with Crippen molar-refractivity contribution in [2.75, 3.05) is 6.61 Å². The van der Waals surface area contributed by atoms with Gasteiger partial charge in [0.1, 0.15) is 5.54 Å². The second-order valence-electron chi connectivity index (χ2n) is 6.89. The number of aliphatic hydroxyl groups is 1. The Balaban J connectivity index is 1.89. The number of aliphatic hydroxyl groups excluding tert-OH is 1. The summed E-state index contributed by atoms with van der Waals surface area (Å²) in [4.78, 5) is 25.0. The molecule has 1 aliphatic carbocycles. The lowest BCUT2D eigenvalue weighted by atomic mass is 9.93. The standard InChI is InChI=1S/C21H23NO4/c1-14-6-4-9-18(17(14)10-5-11-23)19(24)22-21(20(25)26)12-15-7-2-3-8-16(15)13-21/h2-4,6-9,23H,5,10-13H2,1H3,(H,22,24)(H,25,26). The molecule has 2 aromatic carbocycles. The molecule has 1 aliphatic rings. The van der Waals surface area contributed by atoms with Crippen LogP contribution < -0.4 is 5.32 Å². The minimum absolute atomic E-state index is 0.0454. The van der Waals surface area contributed by atoms with Crippen LogP contribution in [0.5, 0.6) is 0 Å². The van der Waals surface area contributed by atoms with E-state index in [1.807, 2.05) is 37.3 Å². The van der Waals surface area contributed by atoms with Gasteiger partial charge in [-0.1, -0.05) is 36.4 Å². The lowest BCUT2D eigenvalue weighted by Crippen LogP contribution is -2.55. The molecule has 5 heteroatoms. The molecule has 0 aromatic heterocycles. The van der Waals surface area contributed by atoms with Crippen molar-refractivity contribution in [1.82, 2.24) is 5.32 Å². The maximum absolute atomic E-state index is 13.0. The van der Waals surface area contributed by atoms with Gasteiger partial charge in [-0.05, 0) is 48.1 Å². The van der Waals surface area contributed by atoms with Gasteiger partial charge in [-0.15, -0.1) is 0 Å². The molecule has 26 heavy (non-hydrogen) atoms. The second-order valence-corrected chi connectivity index (χ2v) is 6.89. The highest BCUT2D eigenvalue weighted by Crippen LogP contribution is 2.31. The monoisotopic (exact) mass is 353 g/mol. The Labute approximate surface area is 152 Å². The van der Waals surface area contributed by atoms with Crippen LogP contribution in [0.1, 0.15) is 39.0 Å².